The molecule has 2 saturated heterocycles. The molecule has 0 spiro atoms. The van der Waals surface area contributed by atoms with Crippen LogP contribution < -0.4 is 14.5 Å². The van der Waals surface area contributed by atoms with Crippen LogP contribution in [-0.4, -0.2) is 45.1 Å². The van der Waals surface area contributed by atoms with Gasteiger partial charge in [0.2, 0.25) is 0 Å². The van der Waals surface area contributed by atoms with E-state index in [1.807, 2.05) is 0 Å². The first kappa shape index (κ1) is 17.2. The summed E-state index contributed by atoms with van der Waals surface area (Å²) in [7, 11) is -1.74. The summed E-state index contributed by atoms with van der Waals surface area (Å²) in [5.41, 5.74) is 1.07. The van der Waals surface area contributed by atoms with Gasteiger partial charge < -0.3 is 4.74 Å². The zero-order valence-electron chi connectivity index (χ0n) is 14.0. The van der Waals surface area contributed by atoms with Crippen molar-refractivity contribution in [2.75, 3.05) is 28.4 Å². The molecule has 0 aromatic heterocycles. The fourth-order valence-corrected chi connectivity index (χ4v) is 5.89. The van der Waals surface area contributed by atoms with Crippen molar-refractivity contribution < 1.29 is 17.9 Å². The third kappa shape index (κ3) is 2.62. The Balaban J connectivity index is 1.86. The molecule has 2 aliphatic heterocycles. The fraction of sp³-hybridized carbons (Fsp3) is 0.278. The second kappa shape index (κ2) is 6.17. The Morgan fingerprint density at radius 2 is 1.50 bits per heavy atom. The van der Waals surface area contributed by atoms with Gasteiger partial charge in [-0.15, -0.1) is 0 Å². The van der Waals surface area contributed by atoms with Gasteiger partial charge in [-0.05, 0) is 24.3 Å². The number of benzene rings is 2. The number of hydrogen-bond donors (Lipinski definition) is 0. The minimum absolute atomic E-state index is 0.0809. The SMILES string of the molecule is COc1ccccc1N1C(=O)N(c2ccccc2Cl)C2CS(=O)(=O)CC21. The second-order valence-corrected chi connectivity index (χ2v) is 8.92. The predicted octanol–water partition coefficient (Wildman–Crippen LogP) is 2.96. The van der Waals surface area contributed by atoms with E-state index >= 15 is 0 Å². The minimum atomic E-state index is -3.26. The lowest BCUT2D eigenvalue weighted by molar-refractivity contribution is 0.255. The molecule has 2 amide bonds. The summed E-state index contributed by atoms with van der Waals surface area (Å²) in [4.78, 5) is 16.3. The van der Waals surface area contributed by atoms with Crippen LogP contribution in [0.4, 0.5) is 16.2 Å². The van der Waals surface area contributed by atoms with Gasteiger partial charge in [0.15, 0.2) is 9.84 Å². The van der Waals surface area contributed by atoms with E-state index in [-0.39, 0.29) is 17.5 Å². The van der Waals surface area contributed by atoms with Gasteiger partial charge in [0.05, 0.1) is 47.1 Å². The van der Waals surface area contributed by atoms with Crippen molar-refractivity contribution >= 4 is 38.8 Å². The predicted molar refractivity (Wildman–Crippen MR) is 101 cm³/mol. The molecule has 2 atom stereocenters. The van der Waals surface area contributed by atoms with Crippen molar-refractivity contribution in [2.45, 2.75) is 12.1 Å². The maximum absolute atomic E-state index is 13.3. The molecule has 0 saturated carbocycles. The molecule has 0 aliphatic carbocycles. The molecule has 0 radical (unpaired) electrons. The molecule has 4 rings (SSSR count). The lowest BCUT2D eigenvalue weighted by atomic mass is 10.1. The topological polar surface area (TPSA) is 66.9 Å². The number of para-hydroxylation sites is 3. The maximum Gasteiger partial charge on any atom is 0.329 e. The normalized spacial score (nSPS) is 24.0. The highest BCUT2D eigenvalue weighted by atomic mass is 35.5. The van der Waals surface area contributed by atoms with E-state index in [2.05, 4.69) is 0 Å². The zero-order valence-corrected chi connectivity index (χ0v) is 15.6. The van der Waals surface area contributed by atoms with Gasteiger partial charge in [-0.3, -0.25) is 9.80 Å². The van der Waals surface area contributed by atoms with E-state index in [0.29, 0.717) is 22.1 Å². The van der Waals surface area contributed by atoms with E-state index < -0.39 is 21.9 Å². The van der Waals surface area contributed by atoms with Crippen LogP contribution in [0.1, 0.15) is 0 Å². The molecule has 0 bridgehead atoms. The van der Waals surface area contributed by atoms with Gasteiger partial charge in [-0.2, -0.15) is 0 Å². The Bertz CT molecular complexity index is 979. The molecule has 136 valence electrons. The quantitative estimate of drug-likeness (QED) is 0.753. The zero-order chi connectivity index (χ0) is 18.5. The summed E-state index contributed by atoms with van der Waals surface area (Å²) in [5, 5.41) is 0.408. The number of carbonyl (C=O) groups is 1. The Kier molecular flexibility index (Phi) is 4.08. The number of halogens is 1. The number of nitrogens with zero attached hydrogens (tertiary/aromatic N) is 2. The average molecular weight is 393 g/mol. The van der Waals surface area contributed by atoms with E-state index in [1.54, 1.807) is 48.5 Å². The number of amides is 2. The Hall–Kier alpha value is -2.25. The van der Waals surface area contributed by atoms with Crippen molar-refractivity contribution in [2.24, 2.45) is 0 Å². The standard InChI is InChI=1S/C18H17ClN2O4S/c1-25-17-9-5-4-8-14(17)21-16-11-26(23,24)10-15(16)20(18(21)22)13-7-3-2-6-12(13)19/h2-9,15-16H,10-11H2,1H3. The third-order valence-electron chi connectivity index (χ3n) is 4.83. The van der Waals surface area contributed by atoms with Gasteiger partial charge >= 0.3 is 6.03 Å². The first-order valence-corrected chi connectivity index (χ1v) is 10.3. The van der Waals surface area contributed by atoms with Crippen molar-refractivity contribution in [1.82, 2.24) is 0 Å². The number of sulfone groups is 1. The number of hydrogen-bond acceptors (Lipinski definition) is 4. The second-order valence-electron chi connectivity index (χ2n) is 6.36. The Morgan fingerprint density at radius 3 is 2.12 bits per heavy atom. The molecule has 26 heavy (non-hydrogen) atoms. The molecular formula is C18H17ClN2O4S. The number of carbonyl (C=O) groups excluding carboxylic acids is 1. The summed E-state index contributed by atoms with van der Waals surface area (Å²) in [6.45, 7) is 0. The molecule has 8 heteroatoms. The molecule has 2 fully saturated rings. The number of anilines is 2. The van der Waals surface area contributed by atoms with Crippen LogP contribution in [-0.2, 0) is 9.84 Å². The molecule has 2 aromatic rings. The summed E-state index contributed by atoms with van der Waals surface area (Å²) >= 11 is 6.30. The summed E-state index contributed by atoms with van der Waals surface area (Å²) in [6, 6.07) is 12.8. The summed E-state index contributed by atoms with van der Waals surface area (Å²) < 4.78 is 30.0. The Morgan fingerprint density at radius 1 is 0.962 bits per heavy atom. The smallest absolute Gasteiger partial charge is 0.329 e. The van der Waals surface area contributed by atoms with Crippen LogP contribution in [0.25, 0.3) is 0 Å². The van der Waals surface area contributed by atoms with Crippen LogP contribution in [0.5, 0.6) is 5.75 Å². The summed E-state index contributed by atoms with van der Waals surface area (Å²) in [5.74, 6) is 0.354. The van der Waals surface area contributed by atoms with E-state index in [9.17, 15) is 13.2 Å². The van der Waals surface area contributed by atoms with Gasteiger partial charge in [0.1, 0.15) is 5.75 Å². The van der Waals surface area contributed by atoms with E-state index in [1.165, 1.54) is 16.9 Å². The molecule has 2 aliphatic rings. The Labute approximate surface area is 156 Å². The number of urea groups is 1. The number of rotatable bonds is 3. The first-order valence-electron chi connectivity index (χ1n) is 8.13. The molecule has 2 aromatic carbocycles. The summed E-state index contributed by atoms with van der Waals surface area (Å²) in [6.07, 6.45) is 0. The highest BCUT2D eigenvalue weighted by molar-refractivity contribution is 7.91. The molecule has 6 nitrogen and oxygen atoms in total. The molecular weight excluding hydrogens is 376 g/mol. The molecule has 2 unspecified atom stereocenters. The van der Waals surface area contributed by atoms with Crippen molar-refractivity contribution in [1.29, 1.82) is 0 Å². The monoisotopic (exact) mass is 392 g/mol. The lowest BCUT2D eigenvalue weighted by Crippen LogP contribution is -2.38. The van der Waals surface area contributed by atoms with Gasteiger partial charge in [-0.25, -0.2) is 13.2 Å². The van der Waals surface area contributed by atoms with Crippen LogP contribution in [0.3, 0.4) is 0 Å². The van der Waals surface area contributed by atoms with E-state index in [0.717, 1.165) is 0 Å². The van der Waals surface area contributed by atoms with Crippen LogP contribution >= 0.6 is 11.6 Å². The number of ether oxygens (including phenoxy) is 1. The van der Waals surface area contributed by atoms with Crippen LogP contribution in [0, 0.1) is 0 Å². The van der Waals surface area contributed by atoms with Gasteiger partial charge in [-0.1, -0.05) is 35.9 Å². The highest BCUT2D eigenvalue weighted by Gasteiger charge is 2.55. The molecule has 0 N–H and O–H groups in total. The van der Waals surface area contributed by atoms with Gasteiger partial charge in [0.25, 0.3) is 0 Å². The lowest BCUT2D eigenvalue weighted by Gasteiger charge is -2.24. The van der Waals surface area contributed by atoms with Gasteiger partial charge in [0, 0.05) is 0 Å². The van der Waals surface area contributed by atoms with E-state index in [4.69, 9.17) is 16.3 Å². The first-order chi connectivity index (χ1) is 12.4. The largest absolute Gasteiger partial charge is 0.495 e. The van der Waals surface area contributed by atoms with Crippen molar-refractivity contribution in [3.63, 3.8) is 0 Å². The van der Waals surface area contributed by atoms with Crippen molar-refractivity contribution in [3.05, 3.63) is 53.6 Å². The average Bonchev–Trinajstić information content (AvgIpc) is 3.04. The van der Waals surface area contributed by atoms with Crippen LogP contribution in [0.15, 0.2) is 48.5 Å². The maximum atomic E-state index is 13.3. The molecule has 2 heterocycles. The minimum Gasteiger partial charge on any atom is -0.495 e. The van der Waals surface area contributed by atoms with Crippen molar-refractivity contribution in [3.8, 4) is 5.75 Å². The fourth-order valence-electron chi connectivity index (χ4n) is 3.74. The highest BCUT2D eigenvalue weighted by Crippen LogP contribution is 2.42. The third-order valence-corrected chi connectivity index (χ3v) is 6.84. The van der Waals surface area contributed by atoms with Crippen LogP contribution in [0.2, 0.25) is 5.02 Å². The number of fused-ring (bicyclic) bond motifs is 1. The number of methoxy groups -OCH3 is 1.